The number of nitrogens with zero attached hydrogens (tertiary/aromatic N) is 2. The van der Waals surface area contributed by atoms with E-state index in [9.17, 15) is 17.6 Å². The van der Waals surface area contributed by atoms with Gasteiger partial charge >= 0.3 is 0 Å². The summed E-state index contributed by atoms with van der Waals surface area (Å²) in [5, 5.41) is 0. The van der Waals surface area contributed by atoms with E-state index >= 15 is 0 Å². The molecule has 2 aromatic rings. The Morgan fingerprint density at radius 1 is 0.933 bits per heavy atom. The van der Waals surface area contributed by atoms with Crippen LogP contribution in [0.3, 0.4) is 0 Å². The minimum atomic E-state index is -3.58. The van der Waals surface area contributed by atoms with Crippen molar-refractivity contribution in [3.05, 3.63) is 66.0 Å². The number of hydrogen-bond donors (Lipinski definition) is 0. The summed E-state index contributed by atoms with van der Waals surface area (Å²) in [4.78, 5) is 15.2. The standard InChI is InChI=1S/C23H25FN2O3S/c24-18-10-8-16(9-11-18)20-15-26(23(27)17-6-7-17)22-12-13-25(14-21(20)22)30(28,29)19-4-2-1-3-5-19/h1-5,8-11,17,20-22H,6-7,12-15H2/t20-,21-,22-/m1/s1. The molecular weight excluding hydrogens is 403 g/mol. The third kappa shape index (κ3) is 3.44. The van der Waals surface area contributed by atoms with Crippen LogP contribution in [0, 0.1) is 17.7 Å². The van der Waals surface area contributed by atoms with Gasteiger partial charge in [-0.15, -0.1) is 0 Å². The van der Waals surface area contributed by atoms with Crippen LogP contribution in [0.1, 0.15) is 30.7 Å². The number of carbonyl (C=O) groups excluding carboxylic acids is 1. The highest BCUT2D eigenvalue weighted by Crippen LogP contribution is 2.45. The summed E-state index contributed by atoms with van der Waals surface area (Å²) in [6.45, 7) is 1.36. The zero-order chi connectivity index (χ0) is 20.9. The summed E-state index contributed by atoms with van der Waals surface area (Å²) in [6.07, 6.45) is 2.53. The normalized spacial score (nSPS) is 27.1. The van der Waals surface area contributed by atoms with Gasteiger partial charge in [-0.05, 0) is 49.1 Å². The molecule has 1 amide bonds. The average Bonchev–Trinajstić information content (AvgIpc) is 3.55. The number of likely N-dealkylation sites (tertiary alicyclic amines) is 1. The molecule has 5 rings (SSSR count). The second kappa shape index (κ2) is 7.46. The van der Waals surface area contributed by atoms with Crippen molar-refractivity contribution in [2.24, 2.45) is 11.8 Å². The molecule has 0 spiro atoms. The Labute approximate surface area is 176 Å². The van der Waals surface area contributed by atoms with Gasteiger partial charge in [-0.25, -0.2) is 12.8 Å². The minimum absolute atomic E-state index is 0.00500. The van der Waals surface area contributed by atoms with E-state index in [1.165, 1.54) is 12.1 Å². The molecule has 5 nitrogen and oxygen atoms in total. The Bertz CT molecular complexity index is 1040. The topological polar surface area (TPSA) is 57.7 Å². The van der Waals surface area contributed by atoms with Crippen LogP contribution in [-0.4, -0.2) is 49.2 Å². The van der Waals surface area contributed by atoms with E-state index in [1.807, 2.05) is 4.90 Å². The molecule has 2 saturated heterocycles. The largest absolute Gasteiger partial charge is 0.338 e. The number of fused-ring (bicyclic) bond motifs is 1. The van der Waals surface area contributed by atoms with E-state index in [-0.39, 0.29) is 35.5 Å². The number of rotatable bonds is 4. The van der Waals surface area contributed by atoms with Gasteiger partial charge in [-0.3, -0.25) is 4.79 Å². The lowest BCUT2D eigenvalue weighted by molar-refractivity contribution is -0.134. The predicted molar refractivity (Wildman–Crippen MR) is 111 cm³/mol. The Morgan fingerprint density at radius 3 is 2.30 bits per heavy atom. The lowest BCUT2D eigenvalue weighted by Crippen LogP contribution is -2.49. The monoisotopic (exact) mass is 428 g/mol. The van der Waals surface area contributed by atoms with Crippen molar-refractivity contribution in [3.8, 4) is 0 Å². The van der Waals surface area contributed by atoms with Crippen LogP contribution < -0.4 is 0 Å². The van der Waals surface area contributed by atoms with Crippen molar-refractivity contribution in [2.45, 2.75) is 36.1 Å². The highest BCUT2D eigenvalue weighted by atomic mass is 32.2. The number of hydrogen-bond acceptors (Lipinski definition) is 3. The van der Waals surface area contributed by atoms with Crippen LogP contribution in [0.25, 0.3) is 0 Å². The van der Waals surface area contributed by atoms with Crippen molar-refractivity contribution in [1.29, 1.82) is 0 Å². The van der Waals surface area contributed by atoms with Gasteiger partial charge < -0.3 is 4.90 Å². The molecule has 7 heteroatoms. The van der Waals surface area contributed by atoms with Crippen LogP contribution in [0.2, 0.25) is 0 Å². The number of carbonyl (C=O) groups is 1. The maximum atomic E-state index is 13.5. The molecule has 2 aromatic carbocycles. The van der Waals surface area contributed by atoms with Gasteiger partial charge in [0.05, 0.1) is 4.90 Å². The molecule has 0 aromatic heterocycles. The molecular formula is C23H25FN2O3S. The SMILES string of the molecule is O=C(C1CC1)N1C[C@H](c2ccc(F)cc2)[C@H]2CN(S(=O)(=O)c3ccccc3)CC[C@H]21. The number of benzene rings is 2. The molecule has 3 fully saturated rings. The molecule has 2 heterocycles. The summed E-state index contributed by atoms with van der Waals surface area (Å²) in [5.74, 6) is 0.0475. The van der Waals surface area contributed by atoms with Crippen molar-refractivity contribution >= 4 is 15.9 Å². The minimum Gasteiger partial charge on any atom is -0.338 e. The molecule has 0 unspecified atom stereocenters. The maximum absolute atomic E-state index is 13.5. The first kappa shape index (κ1) is 19.7. The maximum Gasteiger partial charge on any atom is 0.243 e. The number of sulfonamides is 1. The van der Waals surface area contributed by atoms with Crippen molar-refractivity contribution in [3.63, 3.8) is 0 Å². The van der Waals surface area contributed by atoms with Crippen LogP contribution in [0.4, 0.5) is 4.39 Å². The highest BCUT2D eigenvalue weighted by molar-refractivity contribution is 7.89. The van der Waals surface area contributed by atoms with Gasteiger partial charge in [-0.2, -0.15) is 4.31 Å². The summed E-state index contributed by atoms with van der Waals surface area (Å²) in [6, 6.07) is 15.0. The molecule has 1 saturated carbocycles. The fourth-order valence-electron chi connectivity index (χ4n) is 5.04. The Balaban J connectivity index is 1.45. The highest BCUT2D eigenvalue weighted by Gasteiger charge is 2.50. The first-order valence-corrected chi connectivity index (χ1v) is 12.0. The quantitative estimate of drug-likeness (QED) is 0.751. The smallest absolute Gasteiger partial charge is 0.243 e. The van der Waals surface area contributed by atoms with Gasteiger partial charge in [0, 0.05) is 43.4 Å². The van der Waals surface area contributed by atoms with Crippen molar-refractivity contribution in [2.75, 3.05) is 19.6 Å². The Kier molecular flexibility index (Phi) is 4.90. The Morgan fingerprint density at radius 2 is 1.63 bits per heavy atom. The number of piperidine rings is 1. The zero-order valence-corrected chi connectivity index (χ0v) is 17.5. The summed E-state index contributed by atoms with van der Waals surface area (Å²) in [7, 11) is -3.58. The molecule has 3 aliphatic rings. The lowest BCUT2D eigenvalue weighted by atomic mass is 9.82. The van der Waals surface area contributed by atoms with Gasteiger partial charge in [0.15, 0.2) is 0 Å². The second-order valence-corrected chi connectivity index (χ2v) is 10.6. The lowest BCUT2D eigenvalue weighted by Gasteiger charge is -2.38. The molecule has 0 N–H and O–H groups in total. The van der Waals surface area contributed by atoms with Gasteiger partial charge in [0.2, 0.25) is 15.9 Å². The number of halogens is 1. The fraction of sp³-hybridized carbons (Fsp3) is 0.435. The molecule has 1 aliphatic carbocycles. The Hall–Kier alpha value is -2.25. The zero-order valence-electron chi connectivity index (χ0n) is 16.7. The third-order valence-corrected chi connectivity index (χ3v) is 8.66. The van der Waals surface area contributed by atoms with E-state index in [0.717, 1.165) is 18.4 Å². The van der Waals surface area contributed by atoms with E-state index in [1.54, 1.807) is 46.8 Å². The summed E-state index contributed by atoms with van der Waals surface area (Å²) in [5.41, 5.74) is 0.969. The molecule has 0 bridgehead atoms. The predicted octanol–water partition coefficient (Wildman–Crippen LogP) is 3.24. The van der Waals surface area contributed by atoms with Crippen LogP contribution in [0.5, 0.6) is 0 Å². The van der Waals surface area contributed by atoms with Gasteiger partial charge in [0.1, 0.15) is 5.82 Å². The fourth-order valence-corrected chi connectivity index (χ4v) is 6.56. The van der Waals surface area contributed by atoms with Crippen LogP contribution in [0.15, 0.2) is 59.5 Å². The first-order valence-electron chi connectivity index (χ1n) is 10.6. The van der Waals surface area contributed by atoms with Crippen molar-refractivity contribution in [1.82, 2.24) is 9.21 Å². The van der Waals surface area contributed by atoms with Crippen molar-refractivity contribution < 1.29 is 17.6 Å². The average molecular weight is 429 g/mol. The third-order valence-electron chi connectivity index (χ3n) is 6.78. The molecule has 0 radical (unpaired) electrons. The van der Waals surface area contributed by atoms with Gasteiger partial charge in [0.25, 0.3) is 0 Å². The van der Waals surface area contributed by atoms with Gasteiger partial charge in [-0.1, -0.05) is 30.3 Å². The molecule has 30 heavy (non-hydrogen) atoms. The van der Waals surface area contributed by atoms with Crippen LogP contribution in [-0.2, 0) is 14.8 Å². The van der Waals surface area contributed by atoms with E-state index in [2.05, 4.69) is 0 Å². The van der Waals surface area contributed by atoms with E-state index in [0.29, 0.717) is 31.0 Å². The molecule has 3 atom stereocenters. The first-order chi connectivity index (χ1) is 14.4. The van der Waals surface area contributed by atoms with E-state index < -0.39 is 10.0 Å². The van der Waals surface area contributed by atoms with Crippen LogP contribution >= 0.6 is 0 Å². The molecule has 158 valence electrons. The second-order valence-electron chi connectivity index (χ2n) is 8.62. The van der Waals surface area contributed by atoms with E-state index in [4.69, 9.17) is 0 Å². The number of amides is 1. The summed E-state index contributed by atoms with van der Waals surface area (Å²) < 4.78 is 41.4. The molecule has 2 aliphatic heterocycles. The summed E-state index contributed by atoms with van der Waals surface area (Å²) >= 11 is 0.